The molecule has 0 amide bonds. The molecule has 3 heterocycles. The van der Waals surface area contributed by atoms with Gasteiger partial charge in [0.2, 0.25) is 0 Å². The molecule has 3 aromatic rings. The first kappa shape index (κ1) is 19.7. The topological polar surface area (TPSA) is 126 Å². The Morgan fingerprint density at radius 1 is 1.21 bits per heavy atom. The highest BCUT2D eigenvalue weighted by Crippen LogP contribution is 2.37. The van der Waals surface area contributed by atoms with Crippen LogP contribution in [0, 0.1) is 0 Å². The van der Waals surface area contributed by atoms with E-state index in [-0.39, 0.29) is 6.04 Å². The Morgan fingerprint density at radius 2 is 1.97 bits per heavy atom. The molecule has 2 aromatic heterocycles. The van der Waals surface area contributed by atoms with E-state index in [4.69, 9.17) is 4.74 Å². The molecule has 9 heteroatoms. The highest BCUT2D eigenvalue weighted by Gasteiger charge is 2.52. The summed E-state index contributed by atoms with van der Waals surface area (Å²) in [4.78, 5) is 13.1. The number of hydrogen-bond acceptors (Lipinski definition) is 8. The SMILES string of the molecule is C[C@@H](Cc1ccccc1)Nc1ncnc2c1ncn2C1(C)O[C@H](CO)[C@H](O)[C@@H]1O. The van der Waals surface area contributed by atoms with Crippen LogP contribution < -0.4 is 5.32 Å². The highest BCUT2D eigenvalue weighted by atomic mass is 16.6. The number of imidazole rings is 1. The molecule has 154 valence electrons. The molecule has 1 aromatic carbocycles. The minimum Gasteiger partial charge on any atom is -0.394 e. The van der Waals surface area contributed by atoms with Crippen LogP contribution in [0.4, 0.5) is 5.82 Å². The van der Waals surface area contributed by atoms with Crippen molar-refractivity contribution in [3.05, 3.63) is 48.5 Å². The summed E-state index contributed by atoms with van der Waals surface area (Å²) in [6.07, 6.45) is 0.382. The van der Waals surface area contributed by atoms with Gasteiger partial charge in [0.05, 0.1) is 12.9 Å². The first-order chi connectivity index (χ1) is 13.9. The summed E-state index contributed by atoms with van der Waals surface area (Å²) in [6.45, 7) is 3.29. The largest absolute Gasteiger partial charge is 0.394 e. The predicted octanol–water partition coefficient (Wildman–Crippen LogP) is 0.655. The fraction of sp³-hybridized carbons (Fsp3) is 0.450. The molecule has 1 saturated heterocycles. The molecule has 1 unspecified atom stereocenters. The van der Waals surface area contributed by atoms with E-state index >= 15 is 0 Å². The summed E-state index contributed by atoms with van der Waals surface area (Å²) in [6, 6.07) is 10.3. The van der Waals surface area contributed by atoms with E-state index in [2.05, 4.69) is 39.3 Å². The van der Waals surface area contributed by atoms with E-state index in [1.165, 1.54) is 18.2 Å². The van der Waals surface area contributed by atoms with Gasteiger partial charge in [0.15, 0.2) is 22.7 Å². The number of ether oxygens (including phenoxy) is 1. The minimum atomic E-state index is -1.32. The van der Waals surface area contributed by atoms with Crippen molar-refractivity contribution in [2.75, 3.05) is 11.9 Å². The van der Waals surface area contributed by atoms with Crippen molar-refractivity contribution in [3.63, 3.8) is 0 Å². The van der Waals surface area contributed by atoms with E-state index in [0.717, 1.165) is 6.42 Å². The van der Waals surface area contributed by atoms with Crippen LogP contribution in [0.1, 0.15) is 19.4 Å². The monoisotopic (exact) mass is 399 g/mol. The van der Waals surface area contributed by atoms with Crippen molar-refractivity contribution < 1.29 is 20.1 Å². The van der Waals surface area contributed by atoms with Crippen LogP contribution in [0.15, 0.2) is 43.0 Å². The molecule has 1 aliphatic heterocycles. The second-order valence-corrected chi connectivity index (χ2v) is 7.57. The smallest absolute Gasteiger partial charge is 0.173 e. The van der Waals surface area contributed by atoms with E-state index in [1.807, 2.05) is 18.2 Å². The second-order valence-electron chi connectivity index (χ2n) is 7.57. The van der Waals surface area contributed by atoms with Gasteiger partial charge in [-0.2, -0.15) is 0 Å². The van der Waals surface area contributed by atoms with Gasteiger partial charge in [-0.25, -0.2) is 15.0 Å². The number of aliphatic hydroxyl groups is 3. The number of aromatic nitrogens is 4. The number of hydrogen-bond donors (Lipinski definition) is 4. The molecule has 29 heavy (non-hydrogen) atoms. The first-order valence-corrected chi connectivity index (χ1v) is 9.58. The lowest BCUT2D eigenvalue weighted by Crippen LogP contribution is -2.43. The summed E-state index contributed by atoms with van der Waals surface area (Å²) >= 11 is 0. The quantitative estimate of drug-likeness (QED) is 0.476. The van der Waals surface area contributed by atoms with Crippen LogP contribution in [0.5, 0.6) is 0 Å². The van der Waals surface area contributed by atoms with Crippen LogP contribution in [-0.4, -0.2) is 65.8 Å². The average Bonchev–Trinajstić information content (AvgIpc) is 3.25. The third-order valence-corrected chi connectivity index (χ3v) is 5.40. The van der Waals surface area contributed by atoms with Crippen molar-refractivity contribution in [3.8, 4) is 0 Å². The van der Waals surface area contributed by atoms with Crippen molar-refractivity contribution >= 4 is 17.0 Å². The number of benzene rings is 1. The fourth-order valence-electron chi connectivity index (χ4n) is 3.83. The molecule has 1 fully saturated rings. The average molecular weight is 399 g/mol. The third-order valence-electron chi connectivity index (χ3n) is 5.40. The lowest BCUT2D eigenvalue weighted by atomic mass is 10.0. The number of nitrogens with one attached hydrogen (secondary N) is 1. The molecule has 0 saturated carbocycles. The number of fused-ring (bicyclic) bond motifs is 1. The number of aliphatic hydroxyl groups excluding tert-OH is 3. The minimum absolute atomic E-state index is 0.102. The summed E-state index contributed by atoms with van der Waals surface area (Å²) in [7, 11) is 0. The van der Waals surface area contributed by atoms with Gasteiger partial charge in [-0.3, -0.25) is 4.57 Å². The lowest BCUT2D eigenvalue weighted by molar-refractivity contribution is -0.132. The Labute approximate surface area is 168 Å². The Hall–Kier alpha value is -2.59. The standard InChI is InChI=1S/C20H25N5O4/c1-12(8-13-6-4-3-5-7-13)24-18-15-19(22-10-21-18)25(11-23-15)20(2)17(28)16(27)14(9-26)29-20/h3-7,10-12,14,16-17,26-28H,8-9H2,1-2H3,(H,21,22,24)/t12-,14+,16-,17-,20?/m0/s1. The number of rotatable bonds is 6. The zero-order valence-electron chi connectivity index (χ0n) is 16.3. The van der Waals surface area contributed by atoms with E-state index < -0.39 is 30.6 Å². The van der Waals surface area contributed by atoms with Gasteiger partial charge in [0, 0.05) is 6.04 Å². The van der Waals surface area contributed by atoms with E-state index in [1.54, 1.807) is 11.5 Å². The van der Waals surface area contributed by atoms with Gasteiger partial charge in [0.25, 0.3) is 0 Å². The zero-order chi connectivity index (χ0) is 20.6. The molecule has 0 aliphatic carbocycles. The Morgan fingerprint density at radius 3 is 2.66 bits per heavy atom. The van der Waals surface area contributed by atoms with Crippen LogP contribution in [0.3, 0.4) is 0 Å². The maximum Gasteiger partial charge on any atom is 0.173 e. The molecule has 0 bridgehead atoms. The summed E-state index contributed by atoms with van der Waals surface area (Å²) in [5.41, 5.74) is 0.888. The summed E-state index contributed by atoms with van der Waals surface area (Å²) in [5.74, 6) is 0.576. The molecule has 9 nitrogen and oxygen atoms in total. The third kappa shape index (κ3) is 3.46. The van der Waals surface area contributed by atoms with Gasteiger partial charge >= 0.3 is 0 Å². The van der Waals surface area contributed by atoms with Gasteiger partial charge in [-0.05, 0) is 25.8 Å². The predicted molar refractivity (Wildman–Crippen MR) is 106 cm³/mol. The first-order valence-electron chi connectivity index (χ1n) is 9.58. The van der Waals surface area contributed by atoms with Gasteiger partial charge in [-0.1, -0.05) is 30.3 Å². The van der Waals surface area contributed by atoms with Crippen LogP contribution in [-0.2, 0) is 16.9 Å². The van der Waals surface area contributed by atoms with Crippen molar-refractivity contribution in [2.24, 2.45) is 0 Å². The van der Waals surface area contributed by atoms with Crippen molar-refractivity contribution in [2.45, 2.75) is 50.3 Å². The highest BCUT2D eigenvalue weighted by molar-refractivity contribution is 5.83. The lowest BCUT2D eigenvalue weighted by Gasteiger charge is -2.29. The van der Waals surface area contributed by atoms with Crippen LogP contribution >= 0.6 is 0 Å². The Kier molecular flexibility index (Phi) is 5.22. The molecule has 4 N–H and O–H groups in total. The molecule has 5 atom stereocenters. The molecular weight excluding hydrogens is 374 g/mol. The molecule has 0 spiro atoms. The van der Waals surface area contributed by atoms with E-state index in [0.29, 0.717) is 17.0 Å². The number of nitrogens with zero attached hydrogens (tertiary/aromatic N) is 4. The normalized spacial score (nSPS) is 28.0. The number of anilines is 1. The fourth-order valence-corrected chi connectivity index (χ4v) is 3.83. The zero-order valence-corrected chi connectivity index (χ0v) is 16.3. The molecule has 4 rings (SSSR count). The summed E-state index contributed by atoms with van der Waals surface area (Å²) in [5, 5.41) is 33.5. The van der Waals surface area contributed by atoms with Gasteiger partial charge in [0.1, 0.15) is 24.6 Å². The summed E-state index contributed by atoms with van der Waals surface area (Å²) < 4.78 is 7.34. The van der Waals surface area contributed by atoms with E-state index in [9.17, 15) is 15.3 Å². The van der Waals surface area contributed by atoms with Crippen LogP contribution in [0.2, 0.25) is 0 Å². The van der Waals surface area contributed by atoms with Crippen molar-refractivity contribution in [1.82, 2.24) is 19.5 Å². The van der Waals surface area contributed by atoms with Gasteiger partial charge in [-0.15, -0.1) is 0 Å². The van der Waals surface area contributed by atoms with Gasteiger partial charge < -0.3 is 25.4 Å². The molecular formula is C20H25N5O4. The Bertz CT molecular complexity index is 981. The van der Waals surface area contributed by atoms with Crippen molar-refractivity contribution in [1.29, 1.82) is 0 Å². The molecule has 1 aliphatic rings. The Balaban J connectivity index is 1.62. The maximum absolute atomic E-state index is 10.5. The van der Waals surface area contributed by atoms with Crippen LogP contribution in [0.25, 0.3) is 11.2 Å². The second kappa shape index (κ2) is 7.68. The molecule has 0 radical (unpaired) electrons. The maximum atomic E-state index is 10.5.